The summed E-state index contributed by atoms with van der Waals surface area (Å²) in [5, 5.41) is 0. The third-order valence-corrected chi connectivity index (χ3v) is 6.67. The molecule has 1 aliphatic carbocycles. The van der Waals surface area contributed by atoms with E-state index in [4.69, 9.17) is 0 Å². The number of halogens is 3. The van der Waals surface area contributed by atoms with E-state index in [-0.39, 0.29) is 38.0 Å². The zero-order valence-corrected chi connectivity index (χ0v) is 14.8. The van der Waals surface area contributed by atoms with Crippen LogP contribution in [0.5, 0.6) is 0 Å². The smallest absolute Gasteiger partial charge is 0.246 e. The molecule has 1 atom stereocenters. The number of carbonyl (C=O) groups is 1. The van der Waals surface area contributed by atoms with Crippen LogP contribution in [0.3, 0.4) is 0 Å². The predicted octanol–water partition coefficient (Wildman–Crippen LogP) is 2.29. The number of sulfonamides is 1. The Balaban J connectivity index is 1.66. The lowest BCUT2D eigenvalue weighted by molar-refractivity contribution is -0.133. The van der Waals surface area contributed by atoms with Gasteiger partial charge in [0.05, 0.1) is 0 Å². The molecule has 5 nitrogen and oxygen atoms in total. The van der Waals surface area contributed by atoms with Gasteiger partial charge in [-0.15, -0.1) is 0 Å². The SMILES string of the molecule is O=C(C[C@H]1C=CCC1)N1CCN(S(=O)(=O)c2ccc(F)c(F)c2F)CC1. The summed E-state index contributed by atoms with van der Waals surface area (Å²) in [6, 6.07) is 1.30. The van der Waals surface area contributed by atoms with Crippen LogP contribution in [0.2, 0.25) is 0 Å². The number of hydrogen-bond acceptors (Lipinski definition) is 3. The quantitative estimate of drug-likeness (QED) is 0.588. The summed E-state index contributed by atoms with van der Waals surface area (Å²) in [7, 11) is -4.30. The fourth-order valence-electron chi connectivity index (χ4n) is 3.24. The first-order chi connectivity index (χ1) is 12.3. The molecule has 0 saturated carbocycles. The normalized spacial score (nSPS) is 21.3. The highest BCUT2D eigenvalue weighted by Gasteiger charge is 2.33. The van der Waals surface area contributed by atoms with E-state index in [1.54, 1.807) is 4.90 Å². The van der Waals surface area contributed by atoms with Gasteiger partial charge in [-0.25, -0.2) is 21.6 Å². The van der Waals surface area contributed by atoms with Crippen LogP contribution in [-0.4, -0.2) is 49.7 Å². The summed E-state index contributed by atoms with van der Waals surface area (Å²) in [5.41, 5.74) is 0. The fourth-order valence-corrected chi connectivity index (χ4v) is 4.72. The minimum atomic E-state index is -4.30. The van der Waals surface area contributed by atoms with Crippen LogP contribution in [-0.2, 0) is 14.8 Å². The number of allylic oxidation sites excluding steroid dienone is 2. The molecule has 142 valence electrons. The number of amides is 1. The molecule has 0 aromatic heterocycles. The van der Waals surface area contributed by atoms with Gasteiger partial charge in [-0.2, -0.15) is 4.31 Å². The van der Waals surface area contributed by atoms with Crippen LogP contribution in [0.15, 0.2) is 29.2 Å². The molecule has 1 amide bonds. The molecule has 0 N–H and O–H groups in total. The average Bonchev–Trinajstić information content (AvgIpc) is 3.12. The summed E-state index contributed by atoms with van der Waals surface area (Å²) in [4.78, 5) is 13.0. The Morgan fingerprint density at radius 3 is 2.38 bits per heavy atom. The lowest BCUT2D eigenvalue weighted by atomic mass is 10.0. The molecule has 3 rings (SSSR count). The Morgan fingerprint density at radius 1 is 1.08 bits per heavy atom. The second-order valence-corrected chi connectivity index (χ2v) is 8.33. The van der Waals surface area contributed by atoms with Crippen molar-refractivity contribution in [2.75, 3.05) is 26.2 Å². The highest BCUT2D eigenvalue weighted by atomic mass is 32.2. The number of hydrogen-bond donors (Lipinski definition) is 0. The van der Waals surface area contributed by atoms with Gasteiger partial charge >= 0.3 is 0 Å². The first-order valence-electron chi connectivity index (χ1n) is 8.39. The monoisotopic (exact) mass is 388 g/mol. The number of rotatable bonds is 4. The molecule has 0 spiro atoms. The molecule has 1 aliphatic heterocycles. The van der Waals surface area contributed by atoms with Crippen LogP contribution >= 0.6 is 0 Å². The van der Waals surface area contributed by atoms with Gasteiger partial charge in [0, 0.05) is 32.6 Å². The van der Waals surface area contributed by atoms with Crippen molar-refractivity contribution < 1.29 is 26.4 Å². The summed E-state index contributed by atoms with van der Waals surface area (Å²) in [6.45, 7) is 0.319. The Morgan fingerprint density at radius 2 is 1.77 bits per heavy atom. The molecule has 2 aliphatic rings. The Labute approximate surface area is 150 Å². The number of piperazine rings is 1. The molecule has 1 aromatic carbocycles. The maximum Gasteiger partial charge on any atom is 0.246 e. The molecule has 1 heterocycles. The minimum Gasteiger partial charge on any atom is -0.340 e. The van der Waals surface area contributed by atoms with Crippen LogP contribution in [0.4, 0.5) is 13.2 Å². The summed E-state index contributed by atoms with van der Waals surface area (Å²) in [6.07, 6.45) is 6.35. The lowest BCUT2D eigenvalue weighted by Gasteiger charge is -2.34. The minimum absolute atomic E-state index is 0.0208. The first-order valence-corrected chi connectivity index (χ1v) is 9.83. The average molecular weight is 388 g/mol. The molecular weight excluding hydrogens is 369 g/mol. The van der Waals surface area contributed by atoms with Crippen LogP contribution < -0.4 is 0 Å². The molecule has 1 fully saturated rings. The van der Waals surface area contributed by atoms with Crippen molar-refractivity contribution in [3.63, 3.8) is 0 Å². The van der Waals surface area contributed by atoms with Crippen molar-refractivity contribution in [3.05, 3.63) is 41.7 Å². The zero-order chi connectivity index (χ0) is 18.9. The van der Waals surface area contributed by atoms with Gasteiger partial charge in [0.25, 0.3) is 0 Å². The molecule has 1 saturated heterocycles. The first kappa shape index (κ1) is 18.9. The van der Waals surface area contributed by atoms with Crippen LogP contribution in [0.25, 0.3) is 0 Å². The van der Waals surface area contributed by atoms with Gasteiger partial charge in [0.2, 0.25) is 15.9 Å². The van der Waals surface area contributed by atoms with E-state index in [1.165, 1.54) is 0 Å². The van der Waals surface area contributed by atoms with Gasteiger partial charge in [0.1, 0.15) is 4.90 Å². The number of nitrogens with zero attached hydrogens (tertiary/aromatic N) is 2. The van der Waals surface area contributed by atoms with Gasteiger partial charge in [-0.1, -0.05) is 12.2 Å². The highest BCUT2D eigenvalue weighted by molar-refractivity contribution is 7.89. The van der Waals surface area contributed by atoms with E-state index >= 15 is 0 Å². The van der Waals surface area contributed by atoms with Crippen molar-refractivity contribution in [1.29, 1.82) is 0 Å². The van der Waals surface area contributed by atoms with Gasteiger partial charge in [-0.05, 0) is 30.9 Å². The van der Waals surface area contributed by atoms with Crippen molar-refractivity contribution in [1.82, 2.24) is 9.21 Å². The van der Waals surface area contributed by atoms with E-state index in [0.717, 1.165) is 17.1 Å². The van der Waals surface area contributed by atoms with E-state index < -0.39 is 32.4 Å². The highest BCUT2D eigenvalue weighted by Crippen LogP contribution is 2.25. The van der Waals surface area contributed by atoms with Gasteiger partial charge in [-0.3, -0.25) is 4.79 Å². The van der Waals surface area contributed by atoms with Crippen LogP contribution in [0, 0.1) is 23.4 Å². The second kappa shape index (κ2) is 7.40. The lowest BCUT2D eigenvalue weighted by Crippen LogP contribution is -2.50. The van der Waals surface area contributed by atoms with Crippen molar-refractivity contribution in [2.24, 2.45) is 5.92 Å². The van der Waals surface area contributed by atoms with E-state index in [9.17, 15) is 26.4 Å². The maximum absolute atomic E-state index is 13.9. The largest absolute Gasteiger partial charge is 0.340 e. The fraction of sp³-hybridized carbons (Fsp3) is 0.471. The van der Waals surface area contributed by atoms with Gasteiger partial charge < -0.3 is 4.90 Å². The third kappa shape index (κ3) is 3.64. The Bertz CT molecular complexity index is 834. The maximum atomic E-state index is 13.9. The number of carbonyl (C=O) groups excluding carboxylic acids is 1. The van der Waals surface area contributed by atoms with Crippen LogP contribution in [0.1, 0.15) is 19.3 Å². The van der Waals surface area contributed by atoms with Crippen molar-refractivity contribution in [2.45, 2.75) is 24.2 Å². The van der Waals surface area contributed by atoms with Crippen molar-refractivity contribution in [3.8, 4) is 0 Å². The van der Waals surface area contributed by atoms with Crippen molar-refractivity contribution >= 4 is 15.9 Å². The second-order valence-electron chi connectivity index (χ2n) is 6.43. The Kier molecular flexibility index (Phi) is 5.38. The topological polar surface area (TPSA) is 57.7 Å². The molecule has 0 radical (unpaired) electrons. The van der Waals surface area contributed by atoms with E-state index in [0.29, 0.717) is 18.6 Å². The predicted molar refractivity (Wildman–Crippen MR) is 88.1 cm³/mol. The molecule has 9 heteroatoms. The Hall–Kier alpha value is -1.87. The molecule has 26 heavy (non-hydrogen) atoms. The summed E-state index contributed by atoms with van der Waals surface area (Å²) < 4.78 is 66.2. The molecule has 0 bridgehead atoms. The molecule has 0 unspecified atom stereocenters. The van der Waals surface area contributed by atoms with E-state index in [1.807, 2.05) is 12.2 Å². The third-order valence-electron chi connectivity index (χ3n) is 4.76. The molecule has 1 aromatic rings. The van der Waals surface area contributed by atoms with Gasteiger partial charge in [0.15, 0.2) is 17.5 Å². The zero-order valence-electron chi connectivity index (χ0n) is 14.0. The summed E-state index contributed by atoms with van der Waals surface area (Å²) in [5.74, 6) is -4.81. The van der Waals surface area contributed by atoms with E-state index in [2.05, 4.69) is 0 Å². The standard InChI is InChI=1S/C17H19F3N2O3S/c18-13-5-6-14(17(20)16(13)19)26(24,25)22-9-7-21(8-10-22)15(23)11-12-3-1-2-4-12/h1,3,5-6,12H,2,4,7-11H2/t12-/m0/s1. The molecular formula is C17H19F3N2O3S. The summed E-state index contributed by atoms with van der Waals surface area (Å²) >= 11 is 0. The number of benzene rings is 1.